The van der Waals surface area contributed by atoms with Crippen molar-refractivity contribution in [3.8, 4) is 0 Å². The highest BCUT2D eigenvalue weighted by Gasteiger charge is 2.21. The van der Waals surface area contributed by atoms with E-state index in [4.69, 9.17) is 21.9 Å². The van der Waals surface area contributed by atoms with Crippen molar-refractivity contribution in [2.45, 2.75) is 42.8 Å². The zero-order valence-corrected chi connectivity index (χ0v) is 18.2. The van der Waals surface area contributed by atoms with Gasteiger partial charge in [-0.2, -0.15) is 0 Å². The number of hydrogen-bond acceptors (Lipinski definition) is 5. The molecular weight excluding hydrogens is 407 g/mol. The van der Waals surface area contributed by atoms with Crippen LogP contribution in [-0.2, 0) is 17.9 Å². The summed E-state index contributed by atoms with van der Waals surface area (Å²) < 4.78 is 21.5. The van der Waals surface area contributed by atoms with Gasteiger partial charge in [-0.05, 0) is 54.0 Å². The molecule has 0 aliphatic rings. The van der Waals surface area contributed by atoms with Crippen molar-refractivity contribution in [3.05, 3.63) is 71.7 Å². The van der Waals surface area contributed by atoms with Gasteiger partial charge >= 0.3 is 0 Å². The Labute approximate surface area is 179 Å². The van der Waals surface area contributed by atoms with Crippen LogP contribution in [0.4, 0.5) is 4.39 Å². The summed E-state index contributed by atoms with van der Waals surface area (Å²) in [6.45, 7) is 5.04. The Morgan fingerprint density at radius 3 is 2.69 bits per heavy atom. The van der Waals surface area contributed by atoms with Crippen LogP contribution in [0, 0.1) is 5.82 Å². The summed E-state index contributed by atoms with van der Waals surface area (Å²) >= 11 is 6.62. The first-order valence-corrected chi connectivity index (χ1v) is 10.5. The maximum Gasteiger partial charge on any atom is 0.256 e. The van der Waals surface area contributed by atoms with Crippen LogP contribution in [-0.4, -0.2) is 26.8 Å². The number of thiocarbonyl (C=S) groups is 1. The van der Waals surface area contributed by atoms with Crippen molar-refractivity contribution in [2.24, 2.45) is 0 Å². The Morgan fingerprint density at radius 1 is 1.28 bits per heavy atom. The average Bonchev–Trinajstić information content (AvgIpc) is 3.04. The fraction of sp³-hybridized carbons (Fsp3) is 0.286. The van der Waals surface area contributed by atoms with Crippen LogP contribution >= 0.6 is 24.0 Å². The number of pyridine rings is 1. The third-order valence-corrected chi connectivity index (χ3v) is 5.64. The van der Waals surface area contributed by atoms with Gasteiger partial charge in [0.1, 0.15) is 23.3 Å². The van der Waals surface area contributed by atoms with E-state index in [1.54, 1.807) is 25.5 Å². The van der Waals surface area contributed by atoms with E-state index in [1.807, 2.05) is 18.2 Å². The van der Waals surface area contributed by atoms with Crippen molar-refractivity contribution in [3.63, 3.8) is 0 Å². The van der Waals surface area contributed by atoms with Gasteiger partial charge in [0.2, 0.25) is 0 Å². The van der Waals surface area contributed by atoms with Gasteiger partial charge in [-0.3, -0.25) is 4.98 Å². The van der Waals surface area contributed by atoms with Crippen LogP contribution in [0.25, 0.3) is 0 Å². The number of rotatable bonds is 7. The number of ether oxygens (including phenoxy) is 1. The van der Waals surface area contributed by atoms with E-state index in [-0.39, 0.29) is 18.3 Å². The van der Waals surface area contributed by atoms with Gasteiger partial charge < -0.3 is 14.6 Å². The van der Waals surface area contributed by atoms with Gasteiger partial charge in [-0.15, -0.1) is 0 Å². The molecule has 0 bridgehead atoms. The summed E-state index contributed by atoms with van der Waals surface area (Å²) in [6, 6.07) is 10.5. The molecule has 8 heteroatoms. The normalized spacial score (nSPS) is 10.9. The Kier molecular flexibility index (Phi) is 7.22. The minimum atomic E-state index is -0.260. The van der Waals surface area contributed by atoms with E-state index in [9.17, 15) is 4.39 Å². The second-order valence-electron chi connectivity index (χ2n) is 6.70. The Balaban J connectivity index is 2.04. The maximum atomic E-state index is 13.7. The highest BCUT2D eigenvalue weighted by Crippen LogP contribution is 2.35. The lowest BCUT2D eigenvalue weighted by molar-refractivity contribution is 0.273. The largest absolute Gasteiger partial charge is 0.463 e. The number of imidazole rings is 1. The number of aromatic nitrogens is 3. The Bertz CT molecular complexity index is 976. The molecule has 0 amide bonds. The number of hydrogen-bond donors (Lipinski definition) is 1. The first-order valence-electron chi connectivity index (χ1n) is 9.24. The molecule has 0 atom stereocenters. The zero-order valence-electron chi connectivity index (χ0n) is 16.6. The number of nitrogens with zero attached hydrogens (tertiary/aromatic N) is 3. The molecule has 0 saturated heterocycles. The molecule has 2 heterocycles. The molecule has 152 valence electrons. The highest BCUT2D eigenvalue weighted by molar-refractivity contribution is 7.99. The van der Waals surface area contributed by atoms with Gasteiger partial charge in [0.05, 0.1) is 12.2 Å². The van der Waals surface area contributed by atoms with E-state index >= 15 is 0 Å². The maximum absolute atomic E-state index is 13.7. The summed E-state index contributed by atoms with van der Waals surface area (Å²) in [5, 5.41) is 4.09. The van der Waals surface area contributed by atoms with Crippen LogP contribution in [0.15, 0.2) is 58.7 Å². The summed E-state index contributed by atoms with van der Waals surface area (Å²) in [5.74, 6) is 0.700. The smallest absolute Gasteiger partial charge is 0.256 e. The standard InChI is InChI=1S/C21H23FN4OS2/c1-14(2)19-20(29-17-6-4-5-16(22)11-17)26(12-15-7-9-24-10-8-15)18(25-19)13-27-21(28)23-3/h4-11,14H,12-13H2,1-3H3,(H,23,28). The van der Waals surface area contributed by atoms with E-state index < -0.39 is 0 Å². The third-order valence-electron chi connectivity index (χ3n) is 4.21. The molecule has 3 rings (SSSR count). The third kappa shape index (κ3) is 5.55. The van der Waals surface area contributed by atoms with Crippen LogP contribution in [0.2, 0.25) is 0 Å². The number of benzene rings is 1. The van der Waals surface area contributed by atoms with Gasteiger partial charge in [0.25, 0.3) is 5.17 Å². The molecule has 0 radical (unpaired) electrons. The minimum absolute atomic E-state index is 0.194. The summed E-state index contributed by atoms with van der Waals surface area (Å²) in [7, 11) is 1.72. The van der Waals surface area contributed by atoms with Crippen molar-refractivity contribution in [2.75, 3.05) is 7.05 Å². The van der Waals surface area contributed by atoms with E-state index in [1.165, 1.54) is 23.9 Å². The lowest BCUT2D eigenvalue weighted by atomic mass is 10.1. The van der Waals surface area contributed by atoms with Gasteiger partial charge in [-0.25, -0.2) is 9.37 Å². The first kappa shape index (κ1) is 21.3. The number of nitrogens with one attached hydrogen (secondary N) is 1. The molecule has 1 aromatic carbocycles. The molecule has 0 aliphatic heterocycles. The summed E-state index contributed by atoms with van der Waals surface area (Å²) in [5.41, 5.74) is 2.04. The van der Waals surface area contributed by atoms with Crippen molar-refractivity contribution < 1.29 is 9.13 Å². The van der Waals surface area contributed by atoms with Crippen molar-refractivity contribution in [1.82, 2.24) is 19.9 Å². The topological polar surface area (TPSA) is 52.0 Å². The monoisotopic (exact) mass is 430 g/mol. The second kappa shape index (κ2) is 9.84. The molecule has 0 saturated carbocycles. The van der Waals surface area contributed by atoms with Crippen LogP contribution in [0.1, 0.15) is 36.8 Å². The molecule has 0 fully saturated rings. The second-order valence-corrected chi connectivity index (χ2v) is 8.13. The summed E-state index contributed by atoms with van der Waals surface area (Å²) in [6.07, 6.45) is 3.53. The molecule has 3 aromatic rings. The molecule has 0 unspecified atom stereocenters. The van der Waals surface area contributed by atoms with Gasteiger partial charge in [0, 0.05) is 24.3 Å². The summed E-state index contributed by atoms with van der Waals surface area (Å²) in [4.78, 5) is 9.76. The van der Waals surface area contributed by atoms with Crippen LogP contribution < -0.4 is 5.32 Å². The highest BCUT2D eigenvalue weighted by atomic mass is 32.2. The van der Waals surface area contributed by atoms with Crippen LogP contribution in [0.5, 0.6) is 0 Å². The SMILES string of the molecule is CNC(=S)OCc1nc(C(C)C)c(Sc2cccc(F)c2)n1Cc1ccncc1. The molecule has 0 spiro atoms. The zero-order chi connectivity index (χ0) is 20.8. The predicted octanol–water partition coefficient (Wildman–Crippen LogP) is 4.76. The molecule has 0 aliphatic carbocycles. The van der Waals surface area contributed by atoms with Gasteiger partial charge in [-0.1, -0.05) is 31.7 Å². The van der Waals surface area contributed by atoms with E-state index in [2.05, 4.69) is 28.7 Å². The molecule has 2 aromatic heterocycles. The first-order chi connectivity index (χ1) is 14.0. The Morgan fingerprint density at radius 2 is 2.03 bits per heavy atom. The van der Waals surface area contributed by atoms with Gasteiger partial charge in [0.15, 0.2) is 0 Å². The predicted molar refractivity (Wildman–Crippen MR) is 117 cm³/mol. The Hall–Kier alpha value is -2.45. The van der Waals surface area contributed by atoms with E-state index in [0.717, 1.165) is 27.0 Å². The van der Waals surface area contributed by atoms with Crippen molar-refractivity contribution >= 4 is 29.2 Å². The lowest BCUT2D eigenvalue weighted by Crippen LogP contribution is -2.20. The quantitative estimate of drug-likeness (QED) is 0.546. The molecule has 5 nitrogen and oxygen atoms in total. The molecule has 1 N–H and O–H groups in total. The minimum Gasteiger partial charge on any atom is -0.463 e. The fourth-order valence-corrected chi connectivity index (χ4v) is 4.04. The molecule has 29 heavy (non-hydrogen) atoms. The van der Waals surface area contributed by atoms with E-state index in [0.29, 0.717) is 11.7 Å². The molecular formula is C21H23FN4OS2. The average molecular weight is 431 g/mol. The number of halogens is 1. The van der Waals surface area contributed by atoms with Crippen molar-refractivity contribution in [1.29, 1.82) is 0 Å². The van der Waals surface area contributed by atoms with Crippen LogP contribution in [0.3, 0.4) is 0 Å². The fourth-order valence-electron chi connectivity index (χ4n) is 2.77. The lowest BCUT2D eigenvalue weighted by Gasteiger charge is -2.14.